The number of nitrogens with two attached hydrogens (primary N) is 1. The third-order valence-corrected chi connectivity index (χ3v) is 2.78. The SMILES string of the molecule is CC[C@@H](N)c1noc(-c2cccc(Br)c2)n1. The smallest absolute Gasteiger partial charge is 0.258 e. The van der Waals surface area contributed by atoms with Crippen LogP contribution in [-0.2, 0) is 0 Å². The maximum absolute atomic E-state index is 5.82. The molecular formula is C11H12BrN3O. The highest BCUT2D eigenvalue weighted by atomic mass is 79.9. The fourth-order valence-electron chi connectivity index (χ4n) is 1.31. The first-order chi connectivity index (χ1) is 7.70. The molecule has 0 amide bonds. The van der Waals surface area contributed by atoms with E-state index in [1.54, 1.807) is 0 Å². The first kappa shape index (κ1) is 11.3. The van der Waals surface area contributed by atoms with Crippen molar-refractivity contribution in [1.82, 2.24) is 10.1 Å². The molecule has 2 N–H and O–H groups in total. The molecule has 0 aliphatic heterocycles. The Morgan fingerprint density at radius 2 is 2.31 bits per heavy atom. The summed E-state index contributed by atoms with van der Waals surface area (Å²) >= 11 is 3.39. The van der Waals surface area contributed by atoms with Crippen molar-refractivity contribution in [3.05, 3.63) is 34.6 Å². The summed E-state index contributed by atoms with van der Waals surface area (Å²) in [7, 11) is 0. The first-order valence-electron chi connectivity index (χ1n) is 5.06. The normalized spacial score (nSPS) is 12.7. The van der Waals surface area contributed by atoms with Crippen LogP contribution in [0.3, 0.4) is 0 Å². The second-order valence-corrected chi connectivity index (χ2v) is 4.40. The molecule has 0 unspecified atom stereocenters. The van der Waals surface area contributed by atoms with Crippen molar-refractivity contribution in [2.24, 2.45) is 5.73 Å². The molecular weight excluding hydrogens is 270 g/mol. The topological polar surface area (TPSA) is 64.9 Å². The second-order valence-electron chi connectivity index (χ2n) is 3.48. The van der Waals surface area contributed by atoms with Crippen LogP contribution in [0.25, 0.3) is 11.5 Å². The molecule has 84 valence electrons. The average Bonchev–Trinajstić information content (AvgIpc) is 2.77. The molecule has 4 nitrogen and oxygen atoms in total. The largest absolute Gasteiger partial charge is 0.334 e. The maximum Gasteiger partial charge on any atom is 0.258 e. The van der Waals surface area contributed by atoms with Gasteiger partial charge in [-0.3, -0.25) is 0 Å². The first-order valence-corrected chi connectivity index (χ1v) is 5.85. The minimum Gasteiger partial charge on any atom is -0.334 e. The fraction of sp³-hybridized carbons (Fsp3) is 0.273. The summed E-state index contributed by atoms with van der Waals surface area (Å²) in [6.07, 6.45) is 0.789. The molecule has 0 aliphatic rings. The van der Waals surface area contributed by atoms with Gasteiger partial charge in [0, 0.05) is 10.0 Å². The molecule has 5 heteroatoms. The van der Waals surface area contributed by atoms with Gasteiger partial charge in [0.25, 0.3) is 5.89 Å². The van der Waals surface area contributed by atoms with Crippen LogP contribution in [0.4, 0.5) is 0 Å². The third kappa shape index (κ3) is 2.31. The Kier molecular flexibility index (Phi) is 3.36. The fourth-order valence-corrected chi connectivity index (χ4v) is 1.71. The second kappa shape index (κ2) is 4.76. The Hall–Kier alpha value is -1.20. The van der Waals surface area contributed by atoms with Crippen molar-refractivity contribution in [3.8, 4) is 11.5 Å². The summed E-state index contributed by atoms with van der Waals surface area (Å²) in [5.74, 6) is 1.05. The zero-order chi connectivity index (χ0) is 11.5. The van der Waals surface area contributed by atoms with Crippen LogP contribution in [0.15, 0.2) is 33.3 Å². The highest BCUT2D eigenvalue weighted by Crippen LogP contribution is 2.22. The molecule has 1 aromatic carbocycles. The van der Waals surface area contributed by atoms with Gasteiger partial charge in [-0.05, 0) is 24.6 Å². The lowest BCUT2D eigenvalue weighted by Gasteiger charge is -1.99. The van der Waals surface area contributed by atoms with Crippen molar-refractivity contribution < 1.29 is 4.52 Å². The van der Waals surface area contributed by atoms with Gasteiger partial charge >= 0.3 is 0 Å². The molecule has 1 heterocycles. The predicted octanol–water partition coefficient (Wildman–Crippen LogP) is 2.91. The monoisotopic (exact) mass is 281 g/mol. The molecule has 0 fully saturated rings. The number of rotatable bonds is 3. The van der Waals surface area contributed by atoms with Gasteiger partial charge in [-0.1, -0.05) is 34.1 Å². The Balaban J connectivity index is 2.31. The summed E-state index contributed by atoms with van der Waals surface area (Å²) in [5.41, 5.74) is 6.71. The predicted molar refractivity (Wildman–Crippen MR) is 64.7 cm³/mol. The lowest BCUT2D eigenvalue weighted by atomic mass is 10.2. The van der Waals surface area contributed by atoms with E-state index < -0.39 is 0 Å². The van der Waals surface area contributed by atoms with E-state index in [-0.39, 0.29) is 6.04 Å². The van der Waals surface area contributed by atoms with Crippen molar-refractivity contribution in [2.75, 3.05) is 0 Å². The summed E-state index contributed by atoms with van der Waals surface area (Å²) in [6, 6.07) is 7.54. The minimum absolute atomic E-state index is 0.162. The molecule has 1 atom stereocenters. The standard InChI is InChI=1S/C11H12BrN3O/c1-2-9(13)10-14-11(16-15-10)7-4-3-5-8(12)6-7/h3-6,9H,2,13H2,1H3/t9-/m1/s1. The molecule has 1 aromatic heterocycles. The number of hydrogen-bond acceptors (Lipinski definition) is 4. The Labute approximate surface area is 102 Å². The summed E-state index contributed by atoms with van der Waals surface area (Å²) < 4.78 is 6.14. The van der Waals surface area contributed by atoms with Crippen molar-refractivity contribution in [2.45, 2.75) is 19.4 Å². The van der Waals surface area contributed by atoms with E-state index in [1.807, 2.05) is 31.2 Å². The van der Waals surface area contributed by atoms with Crippen molar-refractivity contribution in [1.29, 1.82) is 0 Å². The van der Waals surface area contributed by atoms with E-state index in [9.17, 15) is 0 Å². The molecule has 2 aromatic rings. The van der Waals surface area contributed by atoms with Gasteiger partial charge in [-0.15, -0.1) is 0 Å². The van der Waals surface area contributed by atoms with Crippen LogP contribution in [0.1, 0.15) is 25.2 Å². The Morgan fingerprint density at radius 1 is 1.50 bits per heavy atom. The molecule has 0 saturated carbocycles. The van der Waals surface area contributed by atoms with Gasteiger partial charge < -0.3 is 10.3 Å². The minimum atomic E-state index is -0.162. The maximum atomic E-state index is 5.82. The van der Waals surface area contributed by atoms with Crippen LogP contribution in [0.5, 0.6) is 0 Å². The van der Waals surface area contributed by atoms with E-state index in [0.29, 0.717) is 11.7 Å². The quantitative estimate of drug-likeness (QED) is 0.940. The van der Waals surface area contributed by atoms with Gasteiger partial charge in [0.15, 0.2) is 5.82 Å². The van der Waals surface area contributed by atoms with E-state index in [4.69, 9.17) is 10.3 Å². The number of nitrogens with zero attached hydrogens (tertiary/aromatic N) is 2. The molecule has 0 bridgehead atoms. The number of halogens is 1. The molecule has 0 spiro atoms. The van der Waals surface area contributed by atoms with Gasteiger partial charge in [-0.25, -0.2) is 0 Å². The molecule has 16 heavy (non-hydrogen) atoms. The van der Waals surface area contributed by atoms with Crippen LogP contribution in [-0.4, -0.2) is 10.1 Å². The lowest BCUT2D eigenvalue weighted by Crippen LogP contribution is -2.10. The summed E-state index contributed by atoms with van der Waals surface area (Å²) in [5, 5.41) is 3.87. The number of aromatic nitrogens is 2. The zero-order valence-corrected chi connectivity index (χ0v) is 10.4. The Bertz CT molecular complexity index is 484. The van der Waals surface area contributed by atoms with E-state index in [1.165, 1.54) is 0 Å². The zero-order valence-electron chi connectivity index (χ0n) is 8.85. The summed E-state index contributed by atoms with van der Waals surface area (Å²) in [4.78, 5) is 4.27. The van der Waals surface area contributed by atoms with E-state index >= 15 is 0 Å². The highest BCUT2D eigenvalue weighted by molar-refractivity contribution is 9.10. The van der Waals surface area contributed by atoms with Crippen molar-refractivity contribution >= 4 is 15.9 Å². The molecule has 0 aliphatic carbocycles. The van der Waals surface area contributed by atoms with E-state index in [2.05, 4.69) is 26.1 Å². The third-order valence-electron chi connectivity index (χ3n) is 2.28. The molecule has 0 radical (unpaired) electrons. The van der Waals surface area contributed by atoms with Gasteiger partial charge in [-0.2, -0.15) is 4.98 Å². The highest BCUT2D eigenvalue weighted by Gasteiger charge is 2.13. The molecule has 2 rings (SSSR count). The van der Waals surface area contributed by atoms with Gasteiger partial charge in [0.1, 0.15) is 0 Å². The van der Waals surface area contributed by atoms with Crippen LogP contribution in [0, 0.1) is 0 Å². The van der Waals surface area contributed by atoms with Gasteiger partial charge in [0.05, 0.1) is 6.04 Å². The van der Waals surface area contributed by atoms with Gasteiger partial charge in [0.2, 0.25) is 0 Å². The van der Waals surface area contributed by atoms with Crippen LogP contribution >= 0.6 is 15.9 Å². The van der Waals surface area contributed by atoms with Crippen LogP contribution in [0.2, 0.25) is 0 Å². The lowest BCUT2D eigenvalue weighted by molar-refractivity contribution is 0.415. The van der Waals surface area contributed by atoms with E-state index in [0.717, 1.165) is 16.5 Å². The molecule has 0 saturated heterocycles. The van der Waals surface area contributed by atoms with Crippen molar-refractivity contribution in [3.63, 3.8) is 0 Å². The average molecular weight is 282 g/mol. The number of benzene rings is 1. The Morgan fingerprint density at radius 3 is 3.00 bits per heavy atom. The number of hydrogen-bond donors (Lipinski definition) is 1. The summed E-state index contributed by atoms with van der Waals surface area (Å²) in [6.45, 7) is 1.99. The van der Waals surface area contributed by atoms with Crippen LogP contribution < -0.4 is 5.73 Å².